The van der Waals surface area contributed by atoms with Crippen molar-refractivity contribution in [3.05, 3.63) is 17.7 Å². The predicted molar refractivity (Wildman–Crippen MR) is 59.6 cm³/mol. The fourth-order valence-corrected chi connectivity index (χ4v) is 3.36. The molecule has 1 fully saturated rings. The maximum Gasteiger partial charge on any atom is 0.0926 e. The Labute approximate surface area is 90.7 Å². The van der Waals surface area contributed by atoms with E-state index in [1.807, 2.05) is 6.33 Å². The molecule has 0 aromatic carbocycles. The second-order valence-corrected chi connectivity index (χ2v) is 5.19. The van der Waals surface area contributed by atoms with Gasteiger partial charge in [-0.3, -0.25) is 0 Å². The van der Waals surface area contributed by atoms with Gasteiger partial charge in [-0.2, -0.15) is 0 Å². The van der Waals surface area contributed by atoms with Gasteiger partial charge in [-0.1, -0.05) is 19.8 Å². The lowest BCUT2D eigenvalue weighted by Crippen LogP contribution is -2.50. The van der Waals surface area contributed by atoms with Gasteiger partial charge in [0.25, 0.3) is 0 Å². The minimum absolute atomic E-state index is 0.200. The molecule has 2 atom stereocenters. The molecule has 1 aromatic heterocycles. The molecule has 0 bridgehead atoms. The minimum Gasteiger partial charge on any atom is -0.348 e. The van der Waals surface area contributed by atoms with Gasteiger partial charge < -0.3 is 10.3 Å². The van der Waals surface area contributed by atoms with Crippen molar-refractivity contribution in [3.63, 3.8) is 0 Å². The predicted octanol–water partition coefficient (Wildman–Crippen LogP) is 1.96. The molecule has 2 unspecified atom stereocenters. The molecule has 2 aliphatic rings. The zero-order valence-corrected chi connectivity index (χ0v) is 9.34. The van der Waals surface area contributed by atoms with Crippen LogP contribution in [-0.4, -0.2) is 16.5 Å². The number of nitrogens with one attached hydrogen (secondary N) is 2. The van der Waals surface area contributed by atoms with Crippen LogP contribution in [0.25, 0.3) is 0 Å². The first kappa shape index (κ1) is 9.40. The third-order valence-corrected chi connectivity index (χ3v) is 4.01. The first-order valence-electron chi connectivity index (χ1n) is 6.08. The summed E-state index contributed by atoms with van der Waals surface area (Å²) in [5.41, 5.74) is 2.87. The molecule has 3 nitrogen and oxygen atoms in total. The Morgan fingerprint density at radius 3 is 3.33 bits per heavy atom. The van der Waals surface area contributed by atoms with E-state index in [0.29, 0.717) is 0 Å². The number of nitrogens with zero attached hydrogens (tertiary/aromatic N) is 1. The van der Waals surface area contributed by atoms with E-state index in [4.69, 9.17) is 0 Å². The summed E-state index contributed by atoms with van der Waals surface area (Å²) >= 11 is 0. The van der Waals surface area contributed by atoms with Crippen molar-refractivity contribution in [1.82, 2.24) is 15.3 Å². The van der Waals surface area contributed by atoms with Gasteiger partial charge in [-0.15, -0.1) is 0 Å². The SMILES string of the molecule is CC1CCCC2(C1)NCCc1[nH]cnc12. The van der Waals surface area contributed by atoms with E-state index in [0.717, 1.165) is 18.9 Å². The molecule has 1 spiro atoms. The van der Waals surface area contributed by atoms with Crippen LogP contribution >= 0.6 is 0 Å². The number of imidazole rings is 1. The van der Waals surface area contributed by atoms with Gasteiger partial charge in [0.15, 0.2) is 0 Å². The van der Waals surface area contributed by atoms with Crippen molar-refractivity contribution in [3.8, 4) is 0 Å². The van der Waals surface area contributed by atoms with Crippen LogP contribution in [0.2, 0.25) is 0 Å². The van der Waals surface area contributed by atoms with Crippen molar-refractivity contribution < 1.29 is 0 Å². The van der Waals surface area contributed by atoms with Gasteiger partial charge in [0.05, 0.1) is 17.6 Å². The minimum atomic E-state index is 0.200. The summed E-state index contributed by atoms with van der Waals surface area (Å²) < 4.78 is 0. The van der Waals surface area contributed by atoms with E-state index in [9.17, 15) is 0 Å². The van der Waals surface area contributed by atoms with E-state index in [-0.39, 0.29) is 5.54 Å². The van der Waals surface area contributed by atoms with Crippen LogP contribution in [0.1, 0.15) is 44.0 Å². The quantitative estimate of drug-likeness (QED) is 0.679. The van der Waals surface area contributed by atoms with Crippen LogP contribution in [0.15, 0.2) is 6.33 Å². The molecule has 2 N–H and O–H groups in total. The third kappa shape index (κ3) is 1.41. The summed E-state index contributed by atoms with van der Waals surface area (Å²) in [5, 5.41) is 3.72. The van der Waals surface area contributed by atoms with Gasteiger partial charge in [0.2, 0.25) is 0 Å². The van der Waals surface area contributed by atoms with Gasteiger partial charge in [0, 0.05) is 18.7 Å². The number of aromatic nitrogens is 2. The fourth-order valence-electron chi connectivity index (χ4n) is 3.36. The van der Waals surface area contributed by atoms with Crippen molar-refractivity contribution in [2.45, 2.75) is 44.6 Å². The van der Waals surface area contributed by atoms with Crippen molar-refractivity contribution in [2.75, 3.05) is 6.54 Å². The fraction of sp³-hybridized carbons (Fsp3) is 0.750. The molecule has 0 amide bonds. The normalized spacial score (nSPS) is 35.4. The largest absolute Gasteiger partial charge is 0.348 e. The number of hydrogen-bond acceptors (Lipinski definition) is 2. The van der Waals surface area contributed by atoms with Gasteiger partial charge >= 0.3 is 0 Å². The molecular weight excluding hydrogens is 186 g/mol. The molecule has 0 saturated heterocycles. The Morgan fingerprint density at radius 2 is 2.47 bits per heavy atom. The highest BCUT2D eigenvalue weighted by atomic mass is 15.1. The van der Waals surface area contributed by atoms with Crippen LogP contribution in [0, 0.1) is 5.92 Å². The van der Waals surface area contributed by atoms with Crippen molar-refractivity contribution in [2.24, 2.45) is 5.92 Å². The molecule has 1 aliphatic heterocycles. The highest BCUT2D eigenvalue weighted by Gasteiger charge is 2.41. The molecule has 1 aromatic rings. The zero-order valence-electron chi connectivity index (χ0n) is 9.34. The Bertz CT molecular complexity index is 358. The number of aromatic amines is 1. The smallest absolute Gasteiger partial charge is 0.0926 e. The molecular formula is C12H19N3. The first-order valence-corrected chi connectivity index (χ1v) is 6.08. The van der Waals surface area contributed by atoms with E-state index in [1.54, 1.807) is 0 Å². The Morgan fingerprint density at radius 1 is 1.53 bits per heavy atom. The van der Waals surface area contributed by atoms with Crippen LogP contribution in [0.4, 0.5) is 0 Å². The lowest BCUT2D eigenvalue weighted by Gasteiger charge is -2.42. The summed E-state index contributed by atoms with van der Waals surface area (Å²) in [4.78, 5) is 7.84. The maximum absolute atomic E-state index is 4.55. The third-order valence-electron chi connectivity index (χ3n) is 4.01. The molecule has 3 heteroatoms. The Kier molecular flexibility index (Phi) is 2.09. The van der Waals surface area contributed by atoms with E-state index < -0.39 is 0 Å². The Hall–Kier alpha value is -0.830. The van der Waals surface area contributed by atoms with Gasteiger partial charge in [0.1, 0.15) is 0 Å². The topological polar surface area (TPSA) is 40.7 Å². The number of fused-ring (bicyclic) bond motifs is 2. The average Bonchev–Trinajstić information content (AvgIpc) is 2.67. The van der Waals surface area contributed by atoms with Crippen LogP contribution in [0.3, 0.4) is 0 Å². The standard InChI is InChI=1S/C12H19N3/c1-9-3-2-5-12(7-9)11-10(4-6-15-12)13-8-14-11/h8-9,15H,2-7H2,1H3,(H,13,14). The second-order valence-electron chi connectivity index (χ2n) is 5.19. The highest BCUT2D eigenvalue weighted by molar-refractivity contribution is 5.26. The number of rotatable bonds is 0. The molecule has 1 saturated carbocycles. The molecule has 82 valence electrons. The summed E-state index contributed by atoms with van der Waals surface area (Å²) in [6.07, 6.45) is 8.19. The van der Waals surface area contributed by atoms with Crippen molar-refractivity contribution >= 4 is 0 Å². The highest BCUT2D eigenvalue weighted by Crippen LogP contribution is 2.41. The second kappa shape index (κ2) is 3.34. The molecule has 2 heterocycles. The number of hydrogen-bond donors (Lipinski definition) is 2. The van der Waals surface area contributed by atoms with E-state index in [1.165, 1.54) is 37.1 Å². The van der Waals surface area contributed by atoms with Crippen molar-refractivity contribution in [1.29, 1.82) is 0 Å². The molecule has 1 aliphatic carbocycles. The lowest BCUT2D eigenvalue weighted by atomic mass is 9.72. The zero-order chi connectivity index (χ0) is 10.3. The van der Waals surface area contributed by atoms with Gasteiger partial charge in [-0.25, -0.2) is 4.98 Å². The lowest BCUT2D eigenvalue weighted by molar-refractivity contribution is 0.174. The van der Waals surface area contributed by atoms with Crippen LogP contribution in [0.5, 0.6) is 0 Å². The first-order chi connectivity index (χ1) is 7.30. The molecule has 15 heavy (non-hydrogen) atoms. The summed E-state index contributed by atoms with van der Waals surface area (Å²) in [7, 11) is 0. The summed E-state index contributed by atoms with van der Waals surface area (Å²) in [6.45, 7) is 3.46. The Balaban J connectivity index is 1.99. The monoisotopic (exact) mass is 205 g/mol. The number of H-pyrrole nitrogens is 1. The van der Waals surface area contributed by atoms with E-state index in [2.05, 4.69) is 22.2 Å². The maximum atomic E-state index is 4.55. The molecule has 0 radical (unpaired) electrons. The van der Waals surface area contributed by atoms with Gasteiger partial charge in [-0.05, 0) is 18.8 Å². The summed E-state index contributed by atoms with van der Waals surface area (Å²) in [6, 6.07) is 0. The van der Waals surface area contributed by atoms with Crippen LogP contribution < -0.4 is 5.32 Å². The summed E-state index contributed by atoms with van der Waals surface area (Å²) in [5.74, 6) is 0.828. The van der Waals surface area contributed by atoms with Crippen LogP contribution in [-0.2, 0) is 12.0 Å². The molecule has 3 rings (SSSR count). The van der Waals surface area contributed by atoms with E-state index >= 15 is 0 Å². The average molecular weight is 205 g/mol.